The van der Waals surface area contributed by atoms with Crippen molar-refractivity contribution < 1.29 is 23.9 Å². The van der Waals surface area contributed by atoms with Crippen LogP contribution < -0.4 is 14.8 Å². The van der Waals surface area contributed by atoms with E-state index in [1.165, 1.54) is 0 Å². The number of amides is 3. The zero-order valence-electron chi connectivity index (χ0n) is 16.6. The number of carbonyl (C=O) groups is 3. The van der Waals surface area contributed by atoms with Crippen molar-refractivity contribution in [1.82, 2.24) is 10.2 Å². The van der Waals surface area contributed by atoms with Crippen molar-refractivity contribution in [3.8, 4) is 11.5 Å². The molecule has 0 aromatic heterocycles. The Morgan fingerprint density at radius 1 is 1.29 bits per heavy atom. The fourth-order valence-corrected chi connectivity index (χ4v) is 3.41. The van der Waals surface area contributed by atoms with E-state index in [0.717, 1.165) is 28.6 Å². The van der Waals surface area contributed by atoms with E-state index in [9.17, 15) is 14.4 Å². The van der Waals surface area contributed by atoms with Gasteiger partial charge < -0.3 is 14.8 Å². The lowest BCUT2D eigenvalue weighted by molar-refractivity contribution is -0.126. The van der Waals surface area contributed by atoms with Crippen LogP contribution in [0.25, 0.3) is 6.08 Å². The predicted octanol–water partition coefficient (Wildman–Crippen LogP) is 3.29. The van der Waals surface area contributed by atoms with Crippen molar-refractivity contribution in [2.75, 3.05) is 26.8 Å². The molecule has 0 aliphatic carbocycles. The predicted molar refractivity (Wildman–Crippen MR) is 109 cm³/mol. The monoisotopic (exact) mass is 406 g/mol. The molecule has 28 heavy (non-hydrogen) atoms. The third kappa shape index (κ3) is 5.28. The molecule has 1 unspecified atom stereocenters. The number of methoxy groups -OCH3 is 1. The maximum atomic E-state index is 12.6. The van der Waals surface area contributed by atoms with Crippen molar-refractivity contribution in [3.63, 3.8) is 0 Å². The summed E-state index contributed by atoms with van der Waals surface area (Å²) in [5.74, 6) is 0.645. The van der Waals surface area contributed by atoms with Gasteiger partial charge in [-0.15, -0.1) is 0 Å². The van der Waals surface area contributed by atoms with Crippen molar-refractivity contribution >= 4 is 34.9 Å². The van der Waals surface area contributed by atoms with Crippen LogP contribution in [0.15, 0.2) is 23.1 Å². The molecule has 1 aromatic carbocycles. The molecule has 1 N–H and O–H groups in total. The standard InChI is InChI=1S/C20H26N2O5S/c1-5-13(3)18(23)21-9-10-22-19(24)17(28-20(22)25)12-14-7-8-15(27-6-2)16(11-14)26-4/h7-8,11-13H,5-6,9-10H2,1-4H3,(H,21,23)/b17-12+. The molecule has 1 aromatic rings. The minimum Gasteiger partial charge on any atom is -0.493 e. The average Bonchev–Trinajstić information content (AvgIpc) is 2.95. The van der Waals surface area contributed by atoms with Gasteiger partial charge in [0.1, 0.15) is 0 Å². The summed E-state index contributed by atoms with van der Waals surface area (Å²) in [7, 11) is 1.54. The van der Waals surface area contributed by atoms with Crippen LogP contribution in [-0.2, 0) is 9.59 Å². The van der Waals surface area contributed by atoms with Crippen molar-refractivity contribution in [3.05, 3.63) is 28.7 Å². The largest absolute Gasteiger partial charge is 0.493 e. The van der Waals surface area contributed by atoms with Gasteiger partial charge >= 0.3 is 0 Å². The number of nitrogens with one attached hydrogen (secondary N) is 1. The second-order valence-corrected chi connectivity index (χ2v) is 7.27. The molecule has 1 atom stereocenters. The van der Waals surface area contributed by atoms with Crippen LogP contribution in [0.5, 0.6) is 11.5 Å². The Bertz CT molecular complexity index is 778. The van der Waals surface area contributed by atoms with Gasteiger partial charge in [0.25, 0.3) is 11.1 Å². The summed E-state index contributed by atoms with van der Waals surface area (Å²) in [4.78, 5) is 38.0. The van der Waals surface area contributed by atoms with Crippen LogP contribution in [0.3, 0.4) is 0 Å². The van der Waals surface area contributed by atoms with Gasteiger partial charge in [0, 0.05) is 19.0 Å². The number of thioether (sulfide) groups is 1. The van der Waals surface area contributed by atoms with Gasteiger partial charge in [0.2, 0.25) is 5.91 Å². The summed E-state index contributed by atoms with van der Waals surface area (Å²) in [6, 6.07) is 5.32. The number of nitrogens with zero attached hydrogens (tertiary/aromatic N) is 1. The van der Waals surface area contributed by atoms with Crippen LogP contribution in [0.2, 0.25) is 0 Å². The first-order valence-corrected chi connectivity index (χ1v) is 10.1. The normalized spacial score (nSPS) is 16.4. The highest BCUT2D eigenvalue weighted by Crippen LogP contribution is 2.34. The zero-order chi connectivity index (χ0) is 20.7. The number of imide groups is 1. The topological polar surface area (TPSA) is 84.9 Å². The molecule has 3 amide bonds. The lowest BCUT2D eigenvalue weighted by atomic mass is 10.1. The van der Waals surface area contributed by atoms with Crippen molar-refractivity contribution in [2.24, 2.45) is 5.92 Å². The summed E-state index contributed by atoms with van der Waals surface area (Å²) in [6.45, 7) is 6.56. The first-order valence-electron chi connectivity index (χ1n) is 9.25. The zero-order valence-corrected chi connectivity index (χ0v) is 17.4. The van der Waals surface area contributed by atoms with E-state index in [2.05, 4.69) is 5.32 Å². The van der Waals surface area contributed by atoms with Crippen LogP contribution in [0.1, 0.15) is 32.8 Å². The molecule has 1 aliphatic rings. The first-order chi connectivity index (χ1) is 13.4. The fourth-order valence-electron chi connectivity index (χ4n) is 2.54. The number of hydrogen-bond donors (Lipinski definition) is 1. The molecule has 8 heteroatoms. The second kappa shape index (κ2) is 10.2. The lowest BCUT2D eigenvalue weighted by Crippen LogP contribution is -2.38. The number of rotatable bonds is 9. The van der Waals surface area contributed by atoms with Crippen molar-refractivity contribution in [1.29, 1.82) is 0 Å². The van der Waals surface area contributed by atoms with Gasteiger partial charge in [0.15, 0.2) is 11.5 Å². The molecule has 0 saturated carbocycles. The van der Waals surface area contributed by atoms with E-state index in [1.54, 1.807) is 31.4 Å². The van der Waals surface area contributed by atoms with Gasteiger partial charge in [-0.2, -0.15) is 0 Å². The molecule has 0 bridgehead atoms. The summed E-state index contributed by atoms with van der Waals surface area (Å²) in [5.41, 5.74) is 0.732. The second-order valence-electron chi connectivity index (χ2n) is 6.28. The molecular weight excluding hydrogens is 380 g/mol. The van der Waals surface area contributed by atoms with Gasteiger partial charge in [-0.1, -0.05) is 19.9 Å². The van der Waals surface area contributed by atoms with E-state index in [-0.39, 0.29) is 36.1 Å². The average molecular weight is 407 g/mol. The number of benzene rings is 1. The molecule has 2 rings (SSSR count). The summed E-state index contributed by atoms with van der Waals surface area (Å²) < 4.78 is 10.8. The van der Waals surface area contributed by atoms with E-state index >= 15 is 0 Å². The smallest absolute Gasteiger partial charge is 0.293 e. The maximum Gasteiger partial charge on any atom is 0.293 e. The minimum absolute atomic E-state index is 0.0773. The Morgan fingerprint density at radius 2 is 2.04 bits per heavy atom. The fraction of sp³-hybridized carbons (Fsp3) is 0.450. The molecule has 1 fully saturated rings. The van der Waals surface area contributed by atoms with Crippen LogP contribution in [-0.4, -0.2) is 48.8 Å². The van der Waals surface area contributed by atoms with Crippen LogP contribution in [0, 0.1) is 5.92 Å². The number of hydrogen-bond acceptors (Lipinski definition) is 6. The molecule has 1 saturated heterocycles. The highest BCUT2D eigenvalue weighted by Gasteiger charge is 2.34. The Labute approximate surface area is 169 Å². The quantitative estimate of drug-likeness (QED) is 0.634. The first kappa shape index (κ1) is 21.8. The molecule has 1 heterocycles. The number of carbonyl (C=O) groups excluding carboxylic acids is 3. The molecular formula is C20H26N2O5S. The highest BCUT2D eigenvalue weighted by atomic mass is 32.2. The van der Waals surface area contributed by atoms with Crippen molar-refractivity contribution in [2.45, 2.75) is 27.2 Å². The van der Waals surface area contributed by atoms with Gasteiger partial charge in [-0.3, -0.25) is 19.3 Å². The summed E-state index contributed by atoms with van der Waals surface area (Å²) in [5, 5.41) is 2.41. The Hall–Kier alpha value is -2.48. The summed E-state index contributed by atoms with van der Waals surface area (Å²) in [6.07, 6.45) is 2.39. The van der Waals surface area contributed by atoms with Gasteiger partial charge in [-0.25, -0.2) is 0 Å². The van der Waals surface area contributed by atoms with Gasteiger partial charge in [0.05, 0.1) is 18.6 Å². The van der Waals surface area contributed by atoms with Crippen LogP contribution >= 0.6 is 11.8 Å². The minimum atomic E-state index is -0.361. The SMILES string of the molecule is CCOc1ccc(/C=C2/SC(=O)N(CCNC(=O)C(C)CC)C2=O)cc1OC. The highest BCUT2D eigenvalue weighted by molar-refractivity contribution is 8.18. The Kier molecular flexibility index (Phi) is 7.92. The number of ether oxygens (including phenoxy) is 2. The third-order valence-corrected chi connectivity index (χ3v) is 5.26. The van der Waals surface area contributed by atoms with E-state index in [0.29, 0.717) is 23.0 Å². The van der Waals surface area contributed by atoms with Gasteiger partial charge in [-0.05, 0) is 48.9 Å². The lowest BCUT2D eigenvalue weighted by Gasteiger charge is -2.14. The van der Waals surface area contributed by atoms with E-state index < -0.39 is 0 Å². The molecule has 0 radical (unpaired) electrons. The Morgan fingerprint density at radius 3 is 2.68 bits per heavy atom. The third-order valence-electron chi connectivity index (χ3n) is 4.35. The molecule has 152 valence electrons. The Balaban J connectivity index is 2.05. The molecule has 7 nitrogen and oxygen atoms in total. The molecule has 1 aliphatic heterocycles. The summed E-state index contributed by atoms with van der Waals surface area (Å²) >= 11 is 0.888. The van der Waals surface area contributed by atoms with E-state index in [1.807, 2.05) is 20.8 Å². The van der Waals surface area contributed by atoms with Crippen LogP contribution in [0.4, 0.5) is 4.79 Å². The maximum absolute atomic E-state index is 12.6. The van der Waals surface area contributed by atoms with E-state index in [4.69, 9.17) is 9.47 Å². The molecule has 0 spiro atoms.